The molecule has 112 valence electrons. The average molecular weight is 288 g/mol. The van der Waals surface area contributed by atoms with Gasteiger partial charge in [0.25, 0.3) is 0 Å². The highest BCUT2D eigenvalue weighted by atomic mass is 19.4. The van der Waals surface area contributed by atoms with Crippen LogP contribution in [0.3, 0.4) is 0 Å². The number of para-hydroxylation sites is 1. The van der Waals surface area contributed by atoms with Gasteiger partial charge < -0.3 is 10.5 Å². The van der Waals surface area contributed by atoms with Crippen molar-refractivity contribution >= 4 is 0 Å². The van der Waals surface area contributed by atoms with Crippen LogP contribution in [0.25, 0.3) is 0 Å². The largest absolute Gasteiger partial charge is 0.492 e. The van der Waals surface area contributed by atoms with Crippen molar-refractivity contribution < 1.29 is 17.9 Å². The fraction of sp³-hybridized carbons (Fsp3) is 0.571. The van der Waals surface area contributed by atoms with Crippen LogP contribution in [0.2, 0.25) is 0 Å². The maximum Gasteiger partial charge on any atom is 0.401 e. The second-order valence-electron chi connectivity index (χ2n) is 4.98. The van der Waals surface area contributed by atoms with Crippen molar-refractivity contribution in [2.45, 2.75) is 31.6 Å². The molecule has 0 amide bonds. The van der Waals surface area contributed by atoms with E-state index in [9.17, 15) is 13.2 Å². The van der Waals surface area contributed by atoms with Gasteiger partial charge in [0.05, 0.1) is 6.54 Å². The Hall–Kier alpha value is -1.27. The molecule has 1 aliphatic rings. The van der Waals surface area contributed by atoms with Gasteiger partial charge in [-0.2, -0.15) is 13.2 Å². The molecular formula is C14H19F3N2O. The average Bonchev–Trinajstić information content (AvgIpc) is 3.21. The Labute approximate surface area is 116 Å². The van der Waals surface area contributed by atoms with Crippen LogP contribution < -0.4 is 10.5 Å². The molecule has 0 saturated heterocycles. The molecule has 6 heteroatoms. The van der Waals surface area contributed by atoms with Crippen LogP contribution in [0.5, 0.6) is 5.75 Å². The lowest BCUT2D eigenvalue weighted by atomic mass is 10.2. The number of alkyl halides is 3. The summed E-state index contributed by atoms with van der Waals surface area (Å²) in [4.78, 5) is 1.45. The SMILES string of the molecule is NCc1ccccc1OCCN(CC(F)(F)F)C1CC1. The number of hydrogen-bond donors (Lipinski definition) is 1. The maximum absolute atomic E-state index is 12.5. The van der Waals surface area contributed by atoms with Gasteiger partial charge >= 0.3 is 6.18 Å². The van der Waals surface area contributed by atoms with Gasteiger partial charge in [0.1, 0.15) is 12.4 Å². The van der Waals surface area contributed by atoms with E-state index in [2.05, 4.69) is 0 Å². The first-order valence-electron chi connectivity index (χ1n) is 6.71. The third kappa shape index (κ3) is 4.68. The van der Waals surface area contributed by atoms with Gasteiger partial charge in [0.2, 0.25) is 0 Å². The Balaban J connectivity index is 1.84. The highest BCUT2D eigenvalue weighted by molar-refractivity contribution is 5.32. The summed E-state index contributed by atoms with van der Waals surface area (Å²) in [5, 5.41) is 0. The number of nitrogens with two attached hydrogens (primary N) is 1. The predicted octanol–water partition coefficient (Wildman–Crippen LogP) is 2.55. The summed E-state index contributed by atoms with van der Waals surface area (Å²) in [5.74, 6) is 0.651. The van der Waals surface area contributed by atoms with E-state index in [1.165, 1.54) is 4.90 Å². The van der Waals surface area contributed by atoms with E-state index >= 15 is 0 Å². The third-order valence-corrected chi connectivity index (χ3v) is 3.27. The Morgan fingerprint density at radius 1 is 1.25 bits per heavy atom. The molecule has 0 unspecified atom stereocenters. The van der Waals surface area contributed by atoms with Crippen molar-refractivity contribution in [3.05, 3.63) is 29.8 Å². The summed E-state index contributed by atoms with van der Waals surface area (Å²) < 4.78 is 43.0. The van der Waals surface area contributed by atoms with E-state index in [1.807, 2.05) is 18.2 Å². The molecule has 2 rings (SSSR count). The summed E-state index contributed by atoms with van der Waals surface area (Å²) in [7, 11) is 0. The zero-order valence-corrected chi connectivity index (χ0v) is 11.2. The minimum atomic E-state index is -4.16. The van der Waals surface area contributed by atoms with Crippen LogP contribution >= 0.6 is 0 Å². The summed E-state index contributed by atoms with van der Waals surface area (Å²) in [6, 6.07) is 7.37. The molecule has 2 N–H and O–H groups in total. The van der Waals surface area contributed by atoms with Gasteiger partial charge in [0, 0.05) is 24.7 Å². The molecule has 0 atom stereocenters. The normalized spacial score (nSPS) is 15.7. The highest BCUT2D eigenvalue weighted by Gasteiger charge is 2.37. The van der Waals surface area contributed by atoms with Crippen molar-refractivity contribution in [3.63, 3.8) is 0 Å². The van der Waals surface area contributed by atoms with E-state index in [1.54, 1.807) is 6.07 Å². The van der Waals surface area contributed by atoms with Gasteiger partial charge in [0.15, 0.2) is 0 Å². The van der Waals surface area contributed by atoms with Crippen molar-refractivity contribution in [1.29, 1.82) is 0 Å². The second-order valence-corrected chi connectivity index (χ2v) is 4.98. The van der Waals surface area contributed by atoms with Gasteiger partial charge in [-0.05, 0) is 18.9 Å². The maximum atomic E-state index is 12.5. The molecule has 1 aromatic carbocycles. The Bertz CT molecular complexity index is 433. The minimum absolute atomic E-state index is 0.0602. The quantitative estimate of drug-likeness (QED) is 0.838. The Morgan fingerprint density at radius 3 is 2.55 bits per heavy atom. The number of ether oxygens (including phenoxy) is 1. The summed E-state index contributed by atoms with van der Waals surface area (Å²) >= 11 is 0. The highest BCUT2D eigenvalue weighted by Crippen LogP contribution is 2.29. The van der Waals surface area contributed by atoms with Crippen molar-refractivity contribution in [2.75, 3.05) is 19.7 Å². The minimum Gasteiger partial charge on any atom is -0.492 e. The Kier molecular flexibility index (Phi) is 4.88. The number of rotatable bonds is 7. The van der Waals surface area contributed by atoms with Crippen LogP contribution in [0.4, 0.5) is 13.2 Å². The first-order chi connectivity index (χ1) is 9.49. The summed E-state index contributed by atoms with van der Waals surface area (Å²) in [6.45, 7) is 0.0112. The molecule has 1 aromatic rings. The van der Waals surface area contributed by atoms with E-state index < -0.39 is 12.7 Å². The van der Waals surface area contributed by atoms with Gasteiger partial charge in [-0.1, -0.05) is 18.2 Å². The van der Waals surface area contributed by atoms with E-state index in [-0.39, 0.29) is 19.2 Å². The first kappa shape index (κ1) is 15.1. The van der Waals surface area contributed by atoms with Crippen LogP contribution in [0.15, 0.2) is 24.3 Å². The standard InChI is InChI=1S/C14H19F3N2O/c15-14(16,17)10-19(12-5-6-12)7-8-20-13-4-2-1-3-11(13)9-18/h1-4,12H,5-10,18H2. The lowest BCUT2D eigenvalue weighted by molar-refractivity contribution is -0.147. The summed E-state index contributed by atoms with van der Waals surface area (Å²) in [5.41, 5.74) is 6.45. The topological polar surface area (TPSA) is 38.5 Å². The fourth-order valence-electron chi connectivity index (χ4n) is 2.15. The Morgan fingerprint density at radius 2 is 1.95 bits per heavy atom. The molecule has 0 aliphatic heterocycles. The fourth-order valence-corrected chi connectivity index (χ4v) is 2.15. The van der Waals surface area contributed by atoms with Crippen LogP contribution in [-0.2, 0) is 6.54 Å². The van der Waals surface area contributed by atoms with Crippen LogP contribution in [0.1, 0.15) is 18.4 Å². The zero-order valence-electron chi connectivity index (χ0n) is 11.2. The monoisotopic (exact) mass is 288 g/mol. The summed E-state index contributed by atoms with van der Waals surface area (Å²) in [6.07, 6.45) is -2.47. The molecular weight excluding hydrogens is 269 g/mol. The number of halogens is 3. The van der Waals surface area contributed by atoms with Crippen molar-refractivity contribution in [3.8, 4) is 5.75 Å². The molecule has 1 aliphatic carbocycles. The molecule has 20 heavy (non-hydrogen) atoms. The van der Waals surface area contributed by atoms with Gasteiger partial charge in [-0.15, -0.1) is 0 Å². The number of nitrogens with zero attached hydrogens (tertiary/aromatic N) is 1. The molecule has 0 aromatic heterocycles. The number of hydrogen-bond acceptors (Lipinski definition) is 3. The van der Waals surface area contributed by atoms with E-state index in [4.69, 9.17) is 10.5 Å². The molecule has 1 fully saturated rings. The lowest BCUT2D eigenvalue weighted by Gasteiger charge is -2.23. The predicted molar refractivity (Wildman–Crippen MR) is 70.5 cm³/mol. The van der Waals surface area contributed by atoms with Crippen LogP contribution in [0, 0.1) is 0 Å². The number of benzene rings is 1. The van der Waals surface area contributed by atoms with Gasteiger partial charge in [-0.25, -0.2) is 0 Å². The van der Waals surface area contributed by atoms with E-state index in [0.29, 0.717) is 12.3 Å². The molecule has 0 heterocycles. The van der Waals surface area contributed by atoms with E-state index in [0.717, 1.165) is 18.4 Å². The van der Waals surface area contributed by atoms with Gasteiger partial charge in [-0.3, -0.25) is 4.90 Å². The molecule has 3 nitrogen and oxygen atoms in total. The second kappa shape index (κ2) is 6.45. The molecule has 0 spiro atoms. The third-order valence-electron chi connectivity index (χ3n) is 3.27. The van der Waals surface area contributed by atoms with Crippen molar-refractivity contribution in [1.82, 2.24) is 4.90 Å². The van der Waals surface area contributed by atoms with Crippen LogP contribution in [-0.4, -0.2) is 36.8 Å². The molecule has 0 radical (unpaired) electrons. The zero-order chi connectivity index (χ0) is 14.6. The molecule has 1 saturated carbocycles. The van der Waals surface area contributed by atoms with Crippen molar-refractivity contribution in [2.24, 2.45) is 5.73 Å². The first-order valence-corrected chi connectivity index (χ1v) is 6.71. The lowest BCUT2D eigenvalue weighted by Crippen LogP contribution is -2.38. The molecule has 0 bridgehead atoms. The smallest absolute Gasteiger partial charge is 0.401 e.